The monoisotopic (exact) mass is 491 g/mol. The standard InChI is InChI=1S/C27H25NO4S2/c1-27(2,3)23(29)14-24-28(26(31)22(34-24)13-19-8-5-9-33-19)15-18-12-25(30)32-21-11-17-7-4-6-16(17)10-20(18)21/h5,8-14H,4,6-7,15H2,1-3H3. The molecular formula is C27H25NO4S2. The molecule has 7 heteroatoms. The topological polar surface area (TPSA) is 69.3 Å². The van der Waals surface area contributed by atoms with Crippen molar-refractivity contribution in [2.75, 3.05) is 0 Å². The molecule has 0 radical (unpaired) electrons. The van der Waals surface area contributed by atoms with E-state index in [2.05, 4.69) is 6.07 Å². The molecule has 174 valence electrons. The van der Waals surface area contributed by atoms with Gasteiger partial charge in [0.15, 0.2) is 5.78 Å². The van der Waals surface area contributed by atoms with Crippen molar-refractivity contribution in [3.05, 3.63) is 87.2 Å². The molecule has 0 N–H and O–H groups in total. The Morgan fingerprint density at radius 3 is 2.62 bits per heavy atom. The predicted octanol–water partition coefficient (Wildman–Crippen LogP) is 3.84. The van der Waals surface area contributed by atoms with E-state index in [0.29, 0.717) is 14.8 Å². The van der Waals surface area contributed by atoms with E-state index in [1.807, 2.05) is 50.4 Å². The molecule has 0 unspecified atom stereocenters. The smallest absolute Gasteiger partial charge is 0.336 e. The molecule has 5 rings (SSSR count). The number of hydrogen-bond donors (Lipinski definition) is 0. The number of thiophene rings is 1. The lowest BCUT2D eigenvalue weighted by atomic mass is 9.91. The minimum atomic E-state index is -0.566. The van der Waals surface area contributed by atoms with Gasteiger partial charge in [0.2, 0.25) is 0 Å². The van der Waals surface area contributed by atoms with Crippen LogP contribution in [-0.4, -0.2) is 10.4 Å². The molecule has 0 atom stereocenters. The van der Waals surface area contributed by atoms with Gasteiger partial charge < -0.3 is 4.42 Å². The molecule has 4 aromatic rings. The number of thiazole rings is 1. The van der Waals surface area contributed by atoms with E-state index in [0.717, 1.165) is 35.1 Å². The van der Waals surface area contributed by atoms with Crippen molar-refractivity contribution in [3.63, 3.8) is 0 Å². The third-order valence-corrected chi connectivity index (χ3v) is 8.00. The van der Waals surface area contributed by atoms with Gasteiger partial charge in [-0.25, -0.2) is 4.79 Å². The molecule has 0 saturated carbocycles. The predicted molar refractivity (Wildman–Crippen MR) is 138 cm³/mol. The van der Waals surface area contributed by atoms with Crippen molar-refractivity contribution in [2.45, 2.75) is 46.6 Å². The molecule has 34 heavy (non-hydrogen) atoms. The van der Waals surface area contributed by atoms with Crippen LogP contribution in [-0.2, 0) is 24.2 Å². The normalized spacial score (nSPS) is 14.8. The lowest BCUT2D eigenvalue weighted by Crippen LogP contribution is -2.33. The van der Waals surface area contributed by atoms with Crippen LogP contribution in [0.5, 0.6) is 0 Å². The number of nitrogens with zero attached hydrogens (tertiary/aromatic N) is 1. The Morgan fingerprint density at radius 2 is 1.91 bits per heavy atom. The first-order valence-electron chi connectivity index (χ1n) is 11.3. The van der Waals surface area contributed by atoms with Gasteiger partial charge in [-0.3, -0.25) is 14.2 Å². The zero-order valence-electron chi connectivity index (χ0n) is 19.3. The van der Waals surface area contributed by atoms with E-state index in [9.17, 15) is 14.4 Å². The van der Waals surface area contributed by atoms with Crippen LogP contribution in [0, 0.1) is 5.41 Å². The average molecular weight is 492 g/mol. The minimum Gasteiger partial charge on any atom is -0.423 e. The number of carbonyl (C=O) groups is 1. The van der Waals surface area contributed by atoms with Gasteiger partial charge in [-0.1, -0.05) is 26.8 Å². The van der Waals surface area contributed by atoms with E-state index in [-0.39, 0.29) is 17.9 Å². The van der Waals surface area contributed by atoms with Gasteiger partial charge in [-0.2, -0.15) is 0 Å². The summed E-state index contributed by atoms with van der Waals surface area (Å²) in [6.07, 6.45) is 6.49. The zero-order valence-corrected chi connectivity index (χ0v) is 21.0. The first-order valence-corrected chi connectivity index (χ1v) is 13.0. The third-order valence-electron chi connectivity index (χ3n) is 6.12. The highest BCUT2D eigenvalue weighted by Crippen LogP contribution is 2.28. The second kappa shape index (κ2) is 8.64. The second-order valence-corrected chi connectivity index (χ2v) is 11.7. The van der Waals surface area contributed by atoms with Crippen molar-refractivity contribution in [3.8, 4) is 0 Å². The summed E-state index contributed by atoms with van der Waals surface area (Å²) in [5.41, 5.74) is 2.58. The lowest BCUT2D eigenvalue weighted by Gasteiger charge is -2.13. The highest BCUT2D eigenvalue weighted by Gasteiger charge is 2.20. The van der Waals surface area contributed by atoms with Crippen LogP contribution in [0.2, 0.25) is 0 Å². The molecular weight excluding hydrogens is 466 g/mol. The zero-order chi connectivity index (χ0) is 24.0. The number of benzene rings is 1. The summed E-state index contributed by atoms with van der Waals surface area (Å²) < 4.78 is 8.25. The van der Waals surface area contributed by atoms with Crippen LogP contribution in [0.25, 0.3) is 23.1 Å². The van der Waals surface area contributed by atoms with E-state index in [4.69, 9.17) is 4.42 Å². The first kappa shape index (κ1) is 22.7. The van der Waals surface area contributed by atoms with Gasteiger partial charge in [0.1, 0.15) is 10.2 Å². The van der Waals surface area contributed by atoms with Gasteiger partial charge in [0.05, 0.1) is 11.1 Å². The van der Waals surface area contributed by atoms with Gasteiger partial charge in [-0.05, 0) is 65.6 Å². The Morgan fingerprint density at radius 1 is 1.15 bits per heavy atom. The highest BCUT2D eigenvalue weighted by molar-refractivity contribution is 7.11. The lowest BCUT2D eigenvalue weighted by molar-refractivity contribution is -0.120. The largest absolute Gasteiger partial charge is 0.423 e. The molecule has 0 spiro atoms. The van der Waals surface area contributed by atoms with Gasteiger partial charge in [-0.15, -0.1) is 22.7 Å². The molecule has 1 aliphatic carbocycles. The van der Waals surface area contributed by atoms with Crippen LogP contribution >= 0.6 is 22.7 Å². The van der Waals surface area contributed by atoms with Crippen molar-refractivity contribution < 1.29 is 9.21 Å². The number of aryl methyl sites for hydroxylation is 2. The number of fused-ring (bicyclic) bond motifs is 2. The summed E-state index contributed by atoms with van der Waals surface area (Å²) in [5, 5.41) is 2.80. The van der Waals surface area contributed by atoms with Gasteiger partial charge >= 0.3 is 5.63 Å². The van der Waals surface area contributed by atoms with Crippen LogP contribution in [0.3, 0.4) is 0 Å². The van der Waals surface area contributed by atoms with Gasteiger partial charge in [0, 0.05) is 27.8 Å². The molecule has 3 aromatic heterocycles. The maximum absolute atomic E-state index is 13.5. The Balaban J connectivity index is 1.71. The van der Waals surface area contributed by atoms with Crippen LogP contribution in [0.15, 0.2) is 49.7 Å². The fourth-order valence-electron chi connectivity index (χ4n) is 4.22. The minimum absolute atomic E-state index is 0.0552. The van der Waals surface area contributed by atoms with Crippen LogP contribution in [0.1, 0.15) is 48.8 Å². The molecule has 5 nitrogen and oxygen atoms in total. The fraction of sp³-hybridized carbons (Fsp3) is 0.296. The van der Waals surface area contributed by atoms with E-state index in [1.54, 1.807) is 22.0 Å². The quantitative estimate of drug-likeness (QED) is 0.407. The summed E-state index contributed by atoms with van der Waals surface area (Å²) in [6, 6.07) is 9.41. The molecule has 0 bridgehead atoms. The molecule has 0 amide bonds. The highest BCUT2D eigenvalue weighted by atomic mass is 32.1. The average Bonchev–Trinajstić information content (AvgIpc) is 3.50. The molecule has 0 aliphatic heterocycles. The van der Waals surface area contributed by atoms with Gasteiger partial charge in [0.25, 0.3) is 5.56 Å². The Hall–Kier alpha value is -3.03. The summed E-state index contributed by atoms with van der Waals surface area (Å²) in [4.78, 5) is 39.7. The Bertz CT molecular complexity index is 1640. The number of hydrogen-bond acceptors (Lipinski definition) is 6. The van der Waals surface area contributed by atoms with E-state index >= 15 is 0 Å². The Kier molecular flexibility index (Phi) is 5.78. The Labute approximate surface area is 204 Å². The van der Waals surface area contributed by atoms with Crippen molar-refractivity contribution in [1.29, 1.82) is 0 Å². The molecule has 1 aliphatic rings. The summed E-state index contributed by atoms with van der Waals surface area (Å²) in [7, 11) is 0. The number of Topliss-reactive ketones (excluding diaryl/α,β-unsaturated/α-hetero) is 1. The fourth-order valence-corrected chi connectivity index (χ4v) is 5.98. The molecule has 0 fully saturated rings. The number of rotatable bonds is 4. The van der Waals surface area contributed by atoms with Crippen molar-refractivity contribution in [2.24, 2.45) is 5.41 Å². The SMILES string of the molecule is CC(C)(C)C(=O)C=c1sc(=Cc2cccs2)c(=O)n1Cc1cc(=O)oc2cc3c(cc12)CCC3. The van der Waals surface area contributed by atoms with Crippen molar-refractivity contribution >= 4 is 51.6 Å². The maximum Gasteiger partial charge on any atom is 0.336 e. The van der Waals surface area contributed by atoms with E-state index in [1.165, 1.54) is 28.5 Å². The maximum atomic E-state index is 13.5. The molecule has 0 saturated heterocycles. The first-order chi connectivity index (χ1) is 16.2. The second-order valence-electron chi connectivity index (χ2n) is 9.68. The summed E-state index contributed by atoms with van der Waals surface area (Å²) >= 11 is 2.85. The van der Waals surface area contributed by atoms with Crippen LogP contribution < -0.4 is 20.4 Å². The van der Waals surface area contributed by atoms with Crippen molar-refractivity contribution in [1.82, 2.24) is 4.57 Å². The number of carbonyl (C=O) groups excluding carboxylic acids is 1. The molecule has 1 aromatic carbocycles. The molecule has 3 heterocycles. The number of aromatic nitrogens is 1. The third kappa shape index (κ3) is 4.38. The summed E-state index contributed by atoms with van der Waals surface area (Å²) in [6.45, 7) is 5.77. The van der Waals surface area contributed by atoms with Crippen LogP contribution in [0.4, 0.5) is 0 Å². The number of ketones is 1. The summed E-state index contributed by atoms with van der Waals surface area (Å²) in [5.74, 6) is -0.0552. The van der Waals surface area contributed by atoms with E-state index < -0.39 is 11.0 Å².